The molecular formula is C8H6N4S4-2. The van der Waals surface area contributed by atoms with E-state index in [4.69, 9.17) is 49.7 Å². The maximum atomic E-state index is 5.21. The fourth-order valence-corrected chi connectivity index (χ4v) is 2.18. The molecule has 0 aliphatic carbocycles. The van der Waals surface area contributed by atoms with Crippen LogP contribution < -0.4 is 0 Å². The second-order valence-electron chi connectivity index (χ2n) is 3.21. The van der Waals surface area contributed by atoms with Crippen molar-refractivity contribution in [2.45, 2.75) is 10.2 Å². The highest BCUT2D eigenvalue weighted by Gasteiger charge is 2.26. The lowest BCUT2D eigenvalue weighted by Gasteiger charge is -2.13. The molecule has 0 saturated carbocycles. The molecule has 8 heteroatoms. The summed E-state index contributed by atoms with van der Waals surface area (Å²) in [6.45, 7) is 0. The zero-order valence-electron chi connectivity index (χ0n) is 8.42. The summed E-state index contributed by atoms with van der Waals surface area (Å²) in [5.74, 6) is 0. The van der Waals surface area contributed by atoms with Crippen molar-refractivity contribution in [2.75, 3.05) is 7.05 Å². The number of thiocarbonyl (C=S) groups is 2. The van der Waals surface area contributed by atoms with E-state index in [0.717, 1.165) is 0 Å². The Labute approximate surface area is 115 Å². The third-order valence-electron chi connectivity index (χ3n) is 2.23. The third-order valence-corrected chi connectivity index (χ3v) is 3.89. The van der Waals surface area contributed by atoms with Crippen LogP contribution in [0.25, 0.3) is 0 Å². The second kappa shape index (κ2) is 3.95. The molecule has 1 aliphatic heterocycles. The molecule has 0 unspecified atom stereocenters. The Morgan fingerprint density at radius 1 is 1.19 bits per heavy atom. The summed E-state index contributed by atoms with van der Waals surface area (Å²) in [4.78, 5) is 10.5. The Morgan fingerprint density at radius 2 is 1.81 bits per heavy atom. The van der Waals surface area contributed by atoms with Gasteiger partial charge in [-0.1, -0.05) is 17.2 Å². The Bertz CT molecular complexity index is 530. The molecular weight excluding hydrogens is 280 g/mol. The topological polar surface area (TPSA) is 33.4 Å². The minimum Gasteiger partial charge on any atom is -0.760 e. The molecule has 84 valence electrons. The van der Waals surface area contributed by atoms with Crippen LogP contribution in [-0.4, -0.2) is 37.3 Å². The molecule has 0 fully saturated rings. The van der Waals surface area contributed by atoms with Crippen molar-refractivity contribution in [3.63, 3.8) is 0 Å². The van der Waals surface area contributed by atoms with Gasteiger partial charge in [-0.15, -0.1) is 0 Å². The average Bonchev–Trinajstić information content (AvgIpc) is 2.64. The van der Waals surface area contributed by atoms with Crippen LogP contribution in [0, 0.1) is 0 Å². The molecule has 1 aromatic rings. The fraction of sp³-hybridized carbons (Fsp3) is 0.250. The summed E-state index contributed by atoms with van der Waals surface area (Å²) in [6.07, 6.45) is 0. The van der Waals surface area contributed by atoms with Crippen molar-refractivity contribution < 1.29 is 0 Å². The first-order chi connectivity index (χ1) is 7.43. The van der Waals surface area contributed by atoms with Gasteiger partial charge in [0.2, 0.25) is 5.11 Å². The number of likely N-dealkylation sites (N-methyl/N-ethyl adjacent to an activating group) is 1. The van der Waals surface area contributed by atoms with Gasteiger partial charge < -0.3 is 34.7 Å². The first-order valence-corrected chi connectivity index (χ1v) is 5.88. The molecule has 0 saturated heterocycles. The Hall–Kier alpha value is -0.700. The van der Waals surface area contributed by atoms with Gasteiger partial charge in [0.15, 0.2) is 0 Å². The van der Waals surface area contributed by atoms with E-state index >= 15 is 0 Å². The van der Waals surface area contributed by atoms with Crippen LogP contribution in [-0.2, 0) is 32.3 Å². The number of imidazole rings is 1. The molecule has 2 heterocycles. The first-order valence-electron chi connectivity index (χ1n) is 4.25. The minimum atomic E-state index is 0.422. The summed E-state index contributed by atoms with van der Waals surface area (Å²) in [5.41, 5.74) is 1.08. The number of nitrogens with zero attached hydrogens (tertiary/aromatic N) is 4. The normalized spacial score (nSPS) is 15.9. The van der Waals surface area contributed by atoms with E-state index in [1.165, 1.54) is 0 Å². The van der Waals surface area contributed by atoms with Crippen LogP contribution in [0.2, 0.25) is 0 Å². The quantitative estimate of drug-likeness (QED) is 0.555. The van der Waals surface area contributed by atoms with Crippen LogP contribution in [0.4, 0.5) is 0 Å². The van der Waals surface area contributed by atoms with E-state index in [-0.39, 0.29) is 0 Å². The van der Waals surface area contributed by atoms with Gasteiger partial charge in [0.1, 0.15) is 10.7 Å². The third kappa shape index (κ3) is 1.61. The van der Waals surface area contributed by atoms with Gasteiger partial charge in [-0.2, -0.15) is 0 Å². The lowest BCUT2D eigenvalue weighted by Crippen LogP contribution is -2.27. The molecule has 0 spiro atoms. The van der Waals surface area contributed by atoms with Crippen LogP contribution in [0.1, 0.15) is 5.69 Å². The van der Waals surface area contributed by atoms with Crippen molar-refractivity contribution in [3.8, 4) is 0 Å². The highest BCUT2D eigenvalue weighted by Crippen LogP contribution is 2.17. The number of hydrogen-bond acceptors (Lipinski definition) is 5. The lowest BCUT2D eigenvalue weighted by atomic mass is 10.3. The smallest absolute Gasteiger partial charge is 0.201 e. The Kier molecular flexibility index (Phi) is 2.91. The largest absolute Gasteiger partial charge is 0.760 e. The molecule has 1 aromatic heterocycles. The van der Waals surface area contributed by atoms with Crippen molar-refractivity contribution in [1.82, 2.24) is 14.5 Å². The number of rotatable bonds is 1. The van der Waals surface area contributed by atoms with Crippen molar-refractivity contribution >= 4 is 65.5 Å². The van der Waals surface area contributed by atoms with Crippen molar-refractivity contribution in [2.24, 2.45) is 12.0 Å². The Morgan fingerprint density at radius 3 is 2.19 bits per heavy atom. The number of aromatic nitrogens is 2. The van der Waals surface area contributed by atoms with Gasteiger partial charge in [0, 0.05) is 14.1 Å². The standard InChI is InChI=1S/C8H8N4S4/c1-11-5(13)3(9-7(11)15)4-6(14)12(2)8(16)10-4/h13H,1-2H3,(H,9,15)/p-2. The summed E-state index contributed by atoms with van der Waals surface area (Å²) < 4.78 is 1.65. The van der Waals surface area contributed by atoms with Gasteiger partial charge in [0.05, 0.1) is 5.69 Å². The molecule has 0 radical (unpaired) electrons. The van der Waals surface area contributed by atoms with E-state index in [0.29, 0.717) is 31.7 Å². The highest BCUT2D eigenvalue weighted by molar-refractivity contribution is 7.83. The van der Waals surface area contributed by atoms with Crippen LogP contribution in [0.15, 0.2) is 15.2 Å². The van der Waals surface area contributed by atoms with Crippen LogP contribution in [0.3, 0.4) is 0 Å². The predicted molar refractivity (Wildman–Crippen MR) is 74.0 cm³/mol. The van der Waals surface area contributed by atoms with Crippen molar-refractivity contribution in [3.05, 3.63) is 5.69 Å². The molecule has 0 atom stereocenters. The zero-order chi connectivity index (χ0) is 12.0. The average molecular weight is 286 g/mol. The van der Waals surface area contributed by atoms with Gasteiger partial charge in [-0.05, 0) is 17.4 Å². The van der Waals surface area contributed by atoms with Crippen LogP contribution >= 0.6 is 24.4 Å². The van der Waals surface area contributed by atoms with Gasteiger partial charge in [-0.25, -0.2) is 4.99 Å². The molecule has 2 rings (SSSR count). The first kappa shape index (κ1) is 11.8. The van der Waals surface area contributed by atoms with E-state index < -0.39 is 0 Å². The lowest BCUT2D eigenvalue weighted by molar-refractivity contribution is 0.732. The van der Waals surface area contributed by atoms with E-state index in [1.54, 1.807) is 23.6 Å². The van der Waals surface area contributed by atoms with Gasteiger partial charge >= 0.3 is 0 Å². The minimum absolute atomic E-state index is 0.422. The highest BCUT2D eigenvalue weighted by atomic mass is 32.1. The number of aliphatic imine (C=N–C) groups is 1. The van der Waals surface area contributed by atoms with Crippen LogP contribution in [0.5, 0.6) is 0 Å². The second-order valence-corrected chi connectivity index (χ2v) is 4.72. The predicted octanol–water partition coefficient (Wildman–Crippen LogP) is 0.579. The maximum absolute atomic E-state index is 5.21. The number of hydrogen-bond donors (Lipinski definition) is 0. The maximum Gasteiger partial charge on any atom is 0.201 e. The molecule has 0 amide bonds. The zero-order valence-corrected chi connectivity index (χ0v) is 11.7. The van der Waals surface area contributed by atoms with E-state index in [9.17, 15) is 0 Å². The molecule has 0 bridgehead atoms. The van der Waals surface area contributed by atoms with Gasteiger partial charge in [-0.3, -0.25) is 4.98 Å². The molecule has 0 aromatic carbocycles. The van der Waals surface area contributed by atoms with E-state index in [2.05, 4.69) is 9.98 Å². The monoisotopic (exact) mass is 286 g/mol. The molecule has 16 heavy (non-hydrogen) atoms. The fourth-order valence-electron chi connectivity index (χ4n) is 1.24. The van der Waals surface area contributed by atoms with E-state index in [1.807, 2.05) is 0 Å². The molecule has 1 aliphatic rings. The molecule has 0 N–H and O–H groups in total. The summed E-state index contributed by atoms with van der Waals surface area (Å²) in [5, 5.41) is 1.38. The van der Waals surface area contributed by atoms with Gasteiger partial charge in [0.25, 0.3) is 0 Å². The summed E-state index contributed by atoms with van der Waals surface area (Å²) in [7, 11) is 3.53. The summed E-state index contributed by atoms with van der Waals surface area (Å²) >= 11 is 20.5. The molecule has 4 nitrogen and oxygen atoms in total. The Balaban J connectivity index is 2.55. The SMILES string of the molecule is CN1C(=S)N=C(c2nc([S-])n(C)c2[S-])C1=S. The van der Waals surface area contributed by atoms with Crippen molar-refractivity contribution in [1.29, 1.82) is 0 Å². The summed E-state index contributed by atoms with van der Waals surface area (Å²) in [6, 6.07) is 0.